The number of aliphatic hydroxyl groups excluding tert-OH is 1. The van der Waals surface area contributed by atoms with E-state index in [1.165, 1.54) is 0 Å². The number of rotatable bonds is 0. The van der Waals surface area contributed by atoms with Crippen molar-refractivity contribution in [3.63, 3.8) is 0 Å². The maximum absolute atomic E-state index is 11.3. The van der Waals surface area contributed by atoms with Gasteiger partial charge in [-0.2, -0.15) is 0 Å². The third kappa shape index (κ3) is 1.08. The molecule has 0 aliphatic carbocycles. The van der Waals surface area contributed by atoms with Gasteiger partial charge >= 0.3 is 0 Å². The monoisotopic (exact) mass is 164 g/mol. The van der Waals surface area contributed by atoms with Crippen LogP contribution in [0.15, 0.2) is 24.3 Å². The van der Waals surface area contributed by atoms with Crippen LogP contribution in [0, 0.1) is 0 Å². The predicted molar refractivity (Wildman–Crippen MR) is 42.0 cm³/mol. The van der Waals surface area contributed by atoms with Gasteiger partial charge in [0.05, 0.1) is 12.0 Å². The Labute approximate surface area is 69.6 Å². The highest BCUT2D eigenvalue weighted by Gasteiger charge is 2.23. The molecule has 0 saturated carbocycles. The summed E-state index contributed by atoms with van der Waals surface area (Å²) in [5, 5.41) is 9.08. The number of benzene rings is 1. The Hall–Kier alpha value is -1.35. The summed E-state index contributed by atoms with van der Waals surface area (Å²) < 4.78 is 5.04. The molecule has 1 aliphatic heterocycles. The zero-order valence-corrected chi connectivity index (χ0v) is 6.36. The van der Waals surface area contributed by atoms with Gasteiger partial charge in [0, 0.05) is 0 Å². The maximum Gasteiger partial charge on any atom is 0.204 e. The van der Waals surface area contributed by atoms with E-state index in [9.17, 15) is 4.79 Å². The third-order valence-electron chi connectivity index (χ3n) is 1.81. The molecule has 0 spiro atoms. The minimum Gasteiger partial charge on any atom is -0.464 e. The van der Waals surface area contributed by atoms with Crippen LogP contribution in [-0.2, 0) is 0 Å². The summed E-state index contributed by atoms with van der Waals surface area (Å²) in [5.74, 6) is 0.408. The van der Waals surface area contributed by atoms with E-state index in [0.717, 1.165) is 0 Å². The molecule has 12 heavy (non-hydrogen) atoms. The fraction of sp³-hybridized carbons (Fsp3) is 0.222. The normalized spacial score (nSPS) is 21.4. The van der Waals surface area contributed by atoms with Gasteiger partial charge in [0.1, 0.15) is 5.75 Å². The Bertz CT molecular complexity index is 319. The number of hydrogen-bond acceptors (Lipinski definition) is 3. The summed E-state index contributed by atoms with van der Waals surface area (Å²) >= 11 is 0. The van der Waals surface area contributed by atoms with E-state index in [4.69, 9.17) is 9.84 Å². The summed E-state index contributed by atoms with van der Waals surface area (Å²) in [7, 11) is 0. The number of carbonyl (C=O) groups is 1. The van der Waals surface area contributed by atoms with Gasteiger partial charge in [-0.05, 0) is 12.1 Å². The third-order valence-corrected chi connectivity index (χ3v) is 1.81. The van der Waals surface area contributed by atoms with Crippen molar-refractivity contribution >= 4 is 5.78 Å². The molecule has 1 aliphatic rings. The molecule has 1 unspecified atom stereocenters. The first-order valence-corrected chi connectivity index (χ1v) is 3.74. The number of hydrogen-bond donors (Lipinski definition) is 1. The van der Waals surface area contributed by atoms with Crippen molar-refractivity contribution in [2.24, 2.45) is 0 Å². The van der Waals surface area contributed by atoms with Crippen LogP contribution in [0.4, 0.5) is 0 Å². The van der Waals surface area contributed by atoms with Crippen LogP contribution in [0.1, 0.15) is 16.8 Å². The van der Waals surface area contributed by atoms with Crippen LogP contribution < -0.4 is 4.74 Å². The first-order valence-electron chi connectivity index (χ1n) is 3.74. The number of carbonyl (C=O) groups excluding carboxylic acids is 1. The van der Waals surface area contributed by atoms with Crippen LogP contribution in [0.2, 0.25) is 0 Å². The molecule has 1 heterocycles. The van der Waals surface area contributed by atoms with Crippen LogP contribution in [0.3, 0.4) is 0 Å². The quantitative estimate of drug-likeness (QED) is 0.621. The van der Waals surface area contributed by atoms with Crippen molar-refractivity contribution in [1.82, 2.24) is 0 Å². The number of para-hydroxylation sites is 1. The summed E-state index contributed by atoms with van der Waals surface area (Å²) in [6.07, 6.45) is -0.927. The molecule has 0 saturated heterocycles. The summed E-state index contributed by atoms with van der Waals surface area (Å²) in [5.41, 5.74) is 0.558. The molecule has 3 nitrogen and oxygen atoms in total. The van der Waals surface area contributed by atoms with E-state index in [-0.39, 0.29) is 12.2 Å². The first kappa shape index (κ1) is 7.31. The van der Waals surface area contributed by atoms with Gasteiger partial charge in [0.15, 0.2) is 5.78 Å². The van der Waals surface area contributed by atoms with Gasteiger partial charge in [0.25, 0.3) is 0 Å². The Morgan fingerprint density at radius 3 is 3.00 bits per heavy atom. The first-order chi connectivity index (χ1) is 5.77. The molecule has 1 N–H and O–H groups in total. The molecule has 0 fully saturated rings. The van der Waals surface area contributed by atoms with Crippen molar-refractivity contribution in [3.8, 4) is 5.75 Å². The predicted octanol–water partition coefficient (Wildman–Crippen LogP) is 0.970. The van der Waals surface area contributed by atoms with E-state index < -0.39 is 6.29 Å². The van der Waals surface area contributed by atoms with Gasteiger partial charge in [-0.25, -0.2) is 0 Å². The largest absolute Gasteiger partial charge is 0.464 e. The molecular weight excluding hydrogens is 156 g/mol. The standard InChI is InChI=1S/C9H8O3/c10-7-5-9(11)12-8-4-2-1-3-6(7)8/h1-4,9,11H,5H2. The number of Topliss-reactive ketones (excluding diaryl/α,β-unsaturated/α-hetero) is 1. The van der Waals surface area contributed by atoms with E-state index in [1.807, 2.05) is 0 Å². The molecule has 0 radical (unpaired) electrons. The number of aliphatic hydroxyl groups is 1. The molecule has 1 aromatic carbocycles. The summed E-state index contributed by atoms with van der Waals surface area (Å²) in [6.45, 7) is 0. The smallest absolute Gasteiger partial charge is 0.204 e. The molecule has 3 heteroatoms. The molecule has 1 aromatic rings. The van der Waals surface area contributed by atoms with Crippen LogP contribution in [-0.4, -0.2) is 17.2 Å². The highest BCUT2D eigenvalue weighted by molar-refractivity contribution is 5.99. The molecule has 0 bridgehead atoms. The minimum absolute atomic E-state index is 0.0526. The Morgan fingerprint density at radius 2 is 2.17 bits per heavy atom. The minimum atomic E-state index is -0.979. The molecule has 0 amide bonds. The van der Waals surface area contributed by atoms with E-state index in [2.05, 4.69) is 0 Å². The van der Waals surface area contributed by atoms with Gasteiger partial charge in [-0.15, -0.1) is 0 Å². The molecule has 0 aromatic heterocycles. The lowest BCUT2D eigenvalue weighted by atomic mass is 10.0. The topological polar surface area (TPSA) is 46.5 Å². The highest BCUT2D eigenvalue weighted by atomic mass is 16.6. The SMILES string of the molecule is O=C1CC(O)Oc2ccccc21. The Balaban J connectivity index is 2.47. The van der Waals surface area contributed by atoms with Crippen LogP contribution >= 0.6 is 0 Å². The number of ketones is 1. The average molecular weight is 164 g/mol. The highest BCUT2D eigenvalue weighted by Crippen LogP contribution is 2.25. The molecule has 62 valence electrons. The Kier molecular flexibility index (Phi) is 1.59. The Morgan fingerprint density at radius 1 is 1.42 bits per heavy atom. The lowest BCUT2D eigenvalue weighted by molar-refractivity contribution is -0.0245. The van der Waals surface area contributed by atoms with E-state index >= 15 is 0 Å². The van der Waals surface area contributed by atoms with Gasteiger partial charge < -0.3 is 9.84 Å². The van der Waals surface area contributed by atoms with Crippen LogP contribution in [0.25, 0.3) is 0 Å². The lowest BCUT2D eigenvalue weighted by Gasteiger charge is -2.20. The zero-order valence-electron chi connectivity index (χ0n) is 6.36. The second-order valence-electron chi connectivity index (χ2n) is 2.70. The van der Waals surface area contributed by atoms with Crippen molar-refractivity contribution in [2.75, 3.05) is 0 Å². The molecular formula is C9H8O3. The maximum atomic E-state index is 11.3. The van der Waals surface area contributed by atoms with Gasteiger partial charge in [-0.3, -0.25) is 4.79 Å². The summed E-state index contributed by atoms with van der Waals surface area (Å²) in [4.78, 5) is 11.3. The average Bonchev–Trinajstić information content (AvgIpc) is 2.04. The summed E-state index contributed by atoms with van der Waals surface area (Å²) in [6, 6.07) is 6.92. The van der Waals surface area contributed by atoms with Crippen molar-refractivity contribution in [2.45, 2.75) is 12.7 Å². The second-order valence-corrected chi connectivity index (χ2v) is 2.70. The van der Waals surface area contributed by atoms with Gasteiger partial charge in [-0.1, -0.05) is 12.1 Å². The second kappa shape index (κ2) is 2.60. The number of ether oxygens (including phenoxy) is 1. The van der Waals surface area contributed by atoms with Crippen molar-refractivity contribution in [1.29, 1.82) is 0 Å². The van der Waals surface area contributed by atoms with Crippen molar-refractivity contribution < 1.29 is 14.6 Å². The fourth-order valence-electron chi connectivity index (χ4n) is 1.26. The number of fused-ring (bicyclic) bond motifs is 1. The molecule has 1 atom stereocenters. The van der Waals surface area contributed by atoms with Crippen molar-refractivity contribution in [3.05, 3.63) is 29.8 Å². The van der Waals surface area contributed by atoms with Gasteiger partial charge in [0.2, 0.25) is 6.29 Å². The fourth-order valence-corrected chi connectivity index (χ4v) is 1.26. The lowest BCUT2D eigenvalue weighted by Crippen LogP contribution is -2.26. The zero-order chi connectivity index (χ0) is 8.55. The van der Waals surface area contributed by atoms with E-state index in [0.29, 0.717) is 11.3 Å². The van der Waals surface area contributed by atoms with Crippen LogP contribution in [0.5, 0.6) is 5.75 Å². The molecule has 2 rings (SSSR count). The van der Waals surface area contributed by atoms with E-state index in [1.54, 1.807) is 24.3 Å².